The van der Waals surface area contributed by atoms with Crippen LogP contribution in [0.2, 0.25) is 0 Å². The predicted octanol–water partition coefficient (Wildman–Crippen LogP) is 3.65. The molecular weight excluding hydrogens is 489 g/mol. The zero-order valence-corrected chi connectivity index (χ0v) is 20.9. The Bertz CT molecular complexity index is 1420. The van der Waals surface area contributed by atoms with Gasteiger partial charge in [-0.05, 0) is 66.9 Å². The van der Waals surface area contributed by atoms with E-state index in [1.807, 2.05) is 18.2 Å². The number of carbonyl (C=O) groups is 2. The Morgan fingerprint density at radius 2 is 1.97 bits per heavy atom. The average molecular weight is 518 g/mol. The molecule has 3 aromatic carbocycles. The molecule has 5 rings (SSSR count). The van der Waals surface area contributed by atoms with Crippen molar-refractivity contribution in [3.63, 3.8) is 0 Å². The lowest BCUT2D eigenvalue weighted by atomic mass is 10.0. The fourth-order valence-electron chi connectivity index (χ4n) is 4.62. The van der Waals surface area contributed by atoms with Crippen LogP contribution < -0.4 is 15.0 Å². The summed E-state index contributed by atoms with van der Waals surface area (Å²) in [6, 6.07) is 18.7. The number of aromatic nitrogens is 3. The van der Waals surface area contributed by atoms with Gasteiger partial charge in [-0.15, -0.1) is 5.10 Å². The highest BCUT2D eigenvalue weighted by Gasteiger charge is 2.34. The third kappa shape index (κ3) is 5.50. The van der Waals surface area contributed by atoms with Crippen molar-refractivity contribution < 1.29 is 23.5 Å². The Hall–Kier alpha value is -4.31. The van der Waals surface area contributed by atoms with Crippen molar-refractivity contribution in [2.45, 2.75) is 31.5 Å². The van der Waals surface area contributed by atoms with Crippen molar-refractivity contribution in [3.05, 3.63) is 84.2 Å². The smallest absolute Gasteiger partial charge is 0.249 e. The predicted molar refractivity (Wildman–Crippen MR) is 139 cm³/mol. The summed E-state index contributed by atoms with van der Waals surface area (Å²) in [5.74, 6) is -0.736. The Labute approximate surface area is 219 Å². The monoisotopic (exact) mass is 517 g/mol. The molecule has 1 aliphatic heterocycles. The number of benzene rings is 3. The number of anilines is 1. The number of hydrogen-bond donors (Lipinski definition) is 1. The van der Waals surface area contributed by atoms with Gasteiger partial charge in [0.2, 0.25) is 11.8 Å². The topological polar surface area (TPSA) is 98.6 Å². The lowest BCUT2D eigenvalue weighted by Crippen LogP contribution is -2.46. The molecule has 38 heavy (non-hydrogen) atoms. The van der Waals surface area contributed by atoms with E-state index < -0.39 is 23.7 Å². The first-order chi connectivity index (χ1) is 18.5. The van der Waals surface area contributed by atoms with Crippen LogP contribution in [0.15, 0.2) is 72.8 Å². The molecule has 0 spiro atoms. The van der Waals surface area contributed by atoms with Gasteiger partial charge in [-0.2, -0.15) is 0 Å². The van der Waals surface area contributed by atoms with Gasteiger partial charge in [-0.1, -0.05) is 29.5 Å². The van der Waals surface area contributed by atoms with E-state index in [1.54, 1.807) is 30.3 Å². The summed E-state index contributed by atoms with van der Waals surface area (Å²) in [5.41, 5.74) is 2.23. The summed E-state index contributed by atoms with van der Waals surface area (Å²) in [6.45, 7) is 0.793. The van der Waals surface area contributed by atoms with Gasteiger partial charge in [0.15, 0.2) is 0 Å². The molecule has 10 heteroatoms. The van der Waals surface area contributed by atoms with Gasteiger partial charge in [-0.25, -0.2) is 9.07 Å². The maximum Gasteiger partial charge on any atom is 0.249 e. The van der Waals surface area contributed by atoms with Crippen LogP contribution in [0.4, 0.5) is 10.1 Å². The molecule has 1 aromatic heterocycles. The minimum absolute atomic E-state index is 0.0820. The molecule has 0 bridgehead atoms. The Kier molecular flexibility index (Phi) is 7.60. The summed E-state index contributed by atoms with van der Waals surface area (Å²) >= 11 is 0. The highest BCUT2D eigenvalue weighted by atomic mass is 19.1. The van der Waals surface area contributed by atoms with E-state index in [0.29, 0.717) is 41.2 Å². The van der Waals surface area contributed by atoms with Crippen LogP contribution in [0, 0.1) is 5.82 Å². The average Bonchev–Trinajstić information content (AvgIpc) is 3.61. The fourth-order valence-corrected chi connectivity index (χ4v) is 4.62. The summed E-state index contributed by atoms with van der Waals surface area (Å²) < 4.78 is 26.4. The number of amides is 2. The van der Waals surface area contributed by atoms with E-state index in [9.17, 15) is 14.0 Å². The second kappa shape index (κ2) is 11.4. The van der Waals surface area contributed by atoms with Crippen molar-refractivity contribution in [1.82, 2.24) is 20.3 Å². The standard InChI is InChI=1S/C28H28FN5O4/c1-37-22-7-4-6-19(16-22)27(28(36)30-17-23-8-5-15-38-23)34(21-13-11-20(29)12-14-21)26(35)18-33-25-10-3-2-9-24(25)31-32-33/h2-4,6-7,9-14,16,23,27H,5,8,15,17-18H2,1H3,(H,30,36). The second-order valence-corrected chi connectivity index (χ2v) is 9.04. The highest BCUT2D eigenvalue weighted by Crippen LogP contribution is 2.31. The number of nitrogens with zero attached hydrogens (tertiary/aromatic N) is 4. The second-order valence-electron chi connectivity index (χ2n) is 9.04. The van der Waals surface area contributed by atoms with Gasteiger partial charge < -0.3 is 14.8 Å². The molecule has 2 heterocycles. The Morgan fingerprint density at radius 1 is 1.16 bits per heavy atom. The van der Waals surface area contributed by atoms with Gasteiger partial charge in [-0.3, -0.25) is 14.5 Å². The summed E-state index contributed by atoms with van der Waals surface area (Å²) in [6.07, 6.45) is 1.71. The first-order valence-corrected chi connectivity index (χ1v) is 12.4. The van der Waals surface area contributed by atoms with E-state index in [4.69, 9.17) is 9.47 Å². The molecule has 0 aliphatic carbocycles. The van der Waals surface area contributed by atoms with Gasteiger partial charge >= 0.3 is 0 Å². The first-order valence-electron chi connectivity index (χ1n) is 12.4. The largest absolute Gasteiger partial charge is 0.497 e. The lowest BCUT2D eigenvalue weighted by Gasteiger charge is -2.32. The molecule has 4 aromatic rings. The van der Waals surface area contributed by atoms with Crippen molar-refractivity contribution in [1.29, 1.82) is 0 Å². The Morgan fingerprint density at radius 3 is 2.74 bits per heavy atom. The minimum Gasteiger partial charge on any atom is -0.497 e. The Balaban J connectivity index is 1.54. The molecule has 1 saturated heterocycles. The van der Waals surface area contributed by atoms with Gasteiger partial charge in [0, 0.05) is 18.8 Å². The lowest BCUT2D eigenvalue weighted by molar-refractivity contribution is -0.127. The van der Waals surface area contributed by atoms with Crippen molar-refractivity contribution in [2.24, 2.45) is 0 Å². The van der Waals surface area contributed by atoms with E-state index in [1.165, 1.54) is 41.0 Å². The van der Waals surface area contributed by atoms with Crippen LogP contribution >= 0.6 is 0 Å². The third-order valence-electron chi connectivity index (χ3n) is 6.52. The number of halogens is 1. The maximum atomic E-state index is 14.0. The number of methoxy groups -OCH3 is 1. The molecular formula is C28H28FN5O4. The van der Waals surface area contributed by atoms with E-state index in [0.717, 1.165) is 12.8 Å². The van der Waals surface area contributed by atoms with Crippen LogP contribution in [0.5, 0.6) is 5.75 Å². The van der Waals surface area contributed by atoms with Crippen LogP contribution in [0.3, 0.4) is 0 Å². The van der Waals surface area contributed by atoms with E-state index in [2.05, 4.69) is 15.6 Å². The maximum absolute atomic E-state index is 14.0. The SMILES string of the molecule is COc1cccc(C(C(=O)NCC2CCCO2)N(C(=O)Cn2nnc3ccccc32)c2ccc(F)cc2)c1. The van der Waals surface area contributed by atoms with Crippen molar-refractivity contribution in [2.75, 3.05) is 25.2 Å². The van der Waals surface area contributed by atoms with Gasteiger partial charge in [0.1, 0.15) is 29.7 Å². The summed E-state index contributed by atoms with van der Waals surface area (Å²) in [5, 5.41) is 11.2. The van der Waals surface area contributed by atoms with Crippen LogP contribution in [0.25, 0.3) is 11.0 Å². The number of ether oxygens (including phenoxy) is 2. The first kappa shape index (κ1) is 25.3. The van der Waals surface area contributed by atoms with Crippen molar-refractivity contribution in [3.8, 4) is 5.75 Å². The number of hydrogen-bond acceptors (Lipinski definition) is 6. The zero-order chi connectivity index (χ0) is 26.5. The van der Waals surface area contributed by atoms with E-state index in [-0.39, 0.29) is 12.6 Å². The molecule has 2 atom stereocenters. The molecule has 0 radical (unpaired) electrons. The number of carbonyl (C=O) groups excluding carboxylic acids is 2. The van der Waals surface area contributed by atoms with Gasteiger partial charge in [0.05, 0.1) is 18.7 Å². The number of nitrogens with one attached hydrogen (secondary N) is 1. The highest BCUT2D eigenvalue weighted by molar-refractivity contribution is 6.01. The third-order valence-corrected chi connectivity index (χ3v) is 6.52. The molecule has 1 fully saturated rings. The zero-order valence-electron chi connectivity index (χ0n) is 20.9. The minimum atomic E-state index is -1.07. The molecule has 1 N–H and O–H groups in total. The van der Waals surface area contributed by atoms with E-state index >= 15 is 0 Å². The molecule has 9 nitrogen and oxygen atoms in total. The van der Waals surface area contributed by atoms with Gasteiger partial charge in [0.25, 0.3) is 0 Å². The molecule has 1 aliphatic rings. The van der Waals surface area contributed by atoms with Crippen LogP contribution in [-0.2, 0) is 20.9 Å². The molecule has 2 unspecified atom stereocenters. The van der Waals surface area contributed by atoms with Crippen LogP contribution in [-0.4, -0.2) is 53.2 Å². The summed E-state index contributed by atoms with van der Waals surface area (Å²) in [7, 11) is 1.53. The normalized spacial score (nSPS) is 15.8. The quantitative estimate of drug-likeness (QED) is 0.364. The molecule has 0 saturated carbocycles. The fraction of sp³-hybridized carbons (Fsp3) is 0.286. The summed E-state index contributed by atoms with van der Waals surface area (Å²) in [4.78, 5) is 29.1. The molecule has 2 amide bonds. The number of para-hydroxylation sites is 1. The van der Waals surface area contributed by atoms with Crippen LogP contribution in [0.1, 0.15) is 24.4 Å². The van der Waals surface area contributed by atoms with Crippen molar-refractivity contribution >= 4 is 28.5 Å². The number of fused-ring (bicyclic) bond motifs is 1. The molecule has 196 valence electrons. The number of rotatable bonds is 9.